The van der Waals surface area contributed by atoms with E-state index in [-0.39, 0.29) is 11.5 Å². The fourth-order valence-corrected chi connectivity index (χ4v) is 3.37. The number of sulfonamides is 1. The lowest BCUT2D eigenvalue weighted by Crippen LogP contribution is -2.32. The summed E-state index contributed by atoms with van der Waals surface area (Å²) in [6, 6.07) is 1.52. The minimum Gasteiger partial charge on any atom is -0.396 e. The predicted molar refractivity (Wildman–Crippen MR) is 68.1 cm³/mol. The van der Waals surface area contributed by atoms with Gasteiger partial charge in [-0.3, -0.25) is 4.98 Å². The Morgan fingerprint density at radius 1 is 1.47 bits per heavy atom. The molecule has 0 spiro atoms. The molecule has 96 valence electrons. The molecule has 0 aliphatic carbocycles. The Hall–Kier alpha value is -0.500. The van der Waals surface area contributed by atoms with Crippen LogP contribution in [0.4, 0.5) is 0 Å². The maximum absolute atomic E-state index is 12.2. The standard InChI is InChI=1S/C10H15BrN2O3S/c1-2-13(4-3-5-14)17(15,16)10-6-9(11)7-12-8-10/h6-8,14H,2-5H2,1H3. The quantitative estimate of drug-likeness (QED) is 0.855. The molecule has 1 N–H and O–H groups in total. The highest BCUT2D eigenvalue weighted by Crippen LogP contribution is 2.18. The highest BCUT2D eigenvalue weighted by atomic mass is 79.9. The normalized spacial score (nSPS) is 12.0. The number of aliphatic hydroxyl groups is 1. The van der Waals surface area contributed by atoms with E-state index in [1.165, 1.54) is 22.8 Å². The van der Waals surface area contributed by atoms with Gasteiger partial charge in [0.05, 0.1) is 0 Å². The first-order valence-electron chi connectivity index (χ1n) is 5.24. The Labute approximate surface area is 110 Å². The molecule has 0 saturated heterocycles. The minimum atomic E-state index is -3.52. The summed E-state index contributed by atoms with van der Waals surface area (Å²) in [7, 11) is -3.52. The van der Waals surface area contributed by atoms with Crippen molar-refractivity contribution in [3.05, 3.63) is 22.9 Å². The van der Waals surface area contributed by atoms with E-state index in [0.29, 0.717) is 24.0 Å². The lowest BCUT2D eigenvalue weighted by Gasteiger charge is -2.19. The Bertz CT molecular complexity index is 464. The number of nitrogens with zero attached hydrogens (tertiary/aromatic N) is 2. The van der Waals surface area contributed by atoms with E-state index < -0.39 is 10.0 Å². The highest BCUT2D eigenvalue weighted by Gasteiger charge is 2.22. The first-order chi connectivity index (χ1) is 8.02. The number of hydrogen-bond acceptors (Lipinski definition) is 4. The van der Waals surface area contributed by atoms with E-state index in [1.54, 1.807) is 6.92 Å². The molecule has 1 heterocycles. The molecule has 17 heavy (non-hydrogen) atoms. The van der Waals surface area contributed by atoms with Gasteiger partial charge in [0.25, 0.3) is 0 Å². The van der Waals surface area contributed by atoms with Gasteiger partial charge in [0, 0.05) is 36.6 Å². The zero-order valence-electron chi connectivity index (χ0n) is 9.50. The maximum atomic E-state index is 12.2. The molecule has 0 aromatic carbocycles. The summed E-state index contributed by atoms with van der Waals surface area (Å²) in [6.45, 7) is 2.42. The van der Waals surface area contributed by atoms with Crippen LogP contribution in [0.15, 0.2) is 27.8 Å². The molecule has 5 nitrogen and oxygen atoms in total. The number of halogens is 1. The molecule has 1 aromatic heterocycles. The Balaban J connectivity index is 3.00. The third-order valence-corrected chi connectivity index (χ3v) is 4.61. The Morgan fingerprint density at radius 2 is 2.18 bits per heavy atom. The van der Waals surface area contributed by atoms with E-state index in [9.17, 15) is 8.42 Å². The maximum Gasteiger partial charge on any atom is 0.244 e. The first-order valence-corrected chi connectivity index (χ1v) is 7.47. The number of aromatic nitrogens is 1. The predicted octanol–water partition coefficient (Wildman–Crippen LogP) is 1.24. The zero-order valence-corrected chi connectivity index (χ0v) is 11.9. The van der Waals surface area contributed by atoms with Crippen molar-refractivity contribution in [1.29, 1.82) is 0 Å². The van der Waals surface area contributed by atoms with Gasteiger partial charge in [0.15, 0.2) is 0 Å². The zero-order chi connectivity index (χ0) is 12.9. The van der Waals surface area contributed by atoms with Crippen LogP contribution >= 0.6 is 15.9 Å². The second kappa shape index (κ2) is 6.44. The van der Waals surface area contributed by atoms with Crippen LogP contribution < -0.4 is 0 Å². The number of rotatable bonds is 6. The molecular formula is C10H15BrN2O3S. The van der Waals surface area contributed by atoms with Crippen LogP contribution in [0.1, 0.15) is 13.3 Å². The van der Waals surface area contributed by atoms with Gasteiger partial charge in [0.1, 0.15) is 4.90 Å². The van der Waals surface area contributed by atoms with E-state index >= 15 is 0 Å². The third kappa shape index (κ3) is 3.74. The molecule has 0 amide bonds. The van der Waals surface area contributed by atoms with Gasteiger partial charge in [-0.2, -0.15) is 4.31 Å². The molecular weight excluding hydrogens is 308 g/mol. The summed E-state index contributed by atoms with van der Waals surface area (Å²) >= 11 is 3.19. The fraction of sp³-hybridized carbons (Fsp3) is 0.500. The monoisotopic (exact) mass is 322 g/mol. The van der Waals surface area contributed by atoms with Gasteiger partial charge in [-0.25, -0.2) is 8.42 Å². The lowest BCUT2D eigenvalue weighted by atomic mass is 10.4. The lowest BCUT2D eigenvalue weighted by molar-refractivity contribution is 0.271. The molecule has 7 heteroatoms. The van der Waals surface area contributed by atoms with Crippen LogP contribution in [0, 0.1) is 0 Å². The van der Waals surface area contributed by atoms with Crippen molar-refractivity contribution in [1.82, 2.24) is 9.29 Å². The van der Waals surface area contributed by atoms with Crippen LogP contribution in [0.5, 0.6) is 0 Å². The van der Waals surface area contributed by atoms with Gasteiger partial charge in [-0.15, -0.1) is 0 Å². The molecule has 0 aliphatic heterocycles. The highest BCUT2D eigenvalue weighted by molar-refractivity contribution is 9.10. The molecule has 1 rings (SSSR count). The van der Waals surface area contributed by atoms with E-state index in [0.717, 1.165) is 0 Å². The molecule has 1 aromatic rings. The minimum absolute atomic E-state index is 0.0250. The first kappa shape index (κ1) is 14.6. The average Bonchev–Trinajstić information content (AvgIpc) is 2.30. The molecule has 0 bridgehead atoms. The number of hydrogen-bond donors (Lipinski definition) is 1. The molecule has 0 atom stereocenters. The van der Waals surface area contributed by atoms with Crippen molar-refractivity contribution in [3.63, 3.8) is 0 Å². The molecule has 0 saturated carbocycles. The second-order valence-corrected chi connectivity index (χ2v) is 6.27. The van der Waals surface area contributed by atoms with E-state index in [1.807, 2.05) is 0 Å². The molecule has 0 unspecified atom stereocenters. The summed E-state index contributed by atoms with van der Waals surface area (Å²) in [5.41, 5.74) is 0. The summed E-state index contributed by atoms with van der Waals surface area (Å²) in [5, 5.41) is 8.75. The van der Waals surface area contributed by atoms with Crippen LogP contribution in [0.2, 0.25) is 0 Å². The average molecular weight is 323 g/mol. The van der Waals surface area contributed by atoms with Gasteiger partial charge >= 0.3 is 0 Å². The SMILES string of the molecule is CCN(CCCO)S(=O)(=O)c1cncc(Br)c1. The van der Waals surface area contributed by atoms with E-state index in [4.69, 9.17) is 5.11 Å². The van der Waals surface area contributed by atoms with E-state index in [2.05, 4.69) is 20.9 Å². The van der Waals surface area contributed by atoms with Crippen LogP contribution in [-0.4, -0.2) is 42.5 Å². The summed E-state index contributed by atoms with van der Waals surface area (Å²) in [6.07, 6.45) is 3.28. The Kier molecular flexibility index (Phi) is 5.51. The largest absolute Gasteiger partial charge is 0.396 e. The summed E-state index contributed by atoms with van der Waals surface area (Å²) in [4.78, 5) is 4.00. The van der Waals surface area contributed by atoms with Crippen molar-refractivity contribution < 1.29 is 13.5 Å². The van der Waals surface area contributed by atoms with Crippen LogP contribution in [0.25, 0.3) is 0 Å². The number of aliphatic hydroxyl groups excluding tert-OH is 1. The molecule has 0 fully saturated rings. The van der Waals surface area contributed by atoms with Crippen LogP contribution in [0.3, 0.4) is 0 Å². The van der Waals surface area contributed by atoms with Crippen LogP contribution in [-0.2, 0) is 10.0 Å². The fourth-order valence-electron chi connectivity index (χ4n) is 1.38. The summed E-state index contributed by atoms with van der Waals surface area (Å²) < 4.78 is 26.4. The summed E-state index contributed by atoms with van der Waals surface area (Å²) in [5.74, 6) is 0. The second-order valence-electron chi connectivity index (χ2n) is 3.41. The van der Waals surface area contributed by atoms with Gasteiger partial charge in [0.2, 0.25) is 10.0 Å². The third-order valence-electron chi connectivity index (χ3n) is 2.24. The van der Waals surface area contributed by atoms with Crippen molar-refractivity contribution in [3.8, 4) is 0 Å². The molecule has 0 radical (unpaired) electrons. The Morgan fingerprint density at radius 3 is 2.71 bits per heavy atom. The van der Waals surface area contributed by atoms with Crippen molar-refractivity contribution >= 4 is 26.0 Å². The van der Waals surface area contributed by atoms with Crippen molar-refractivity contribution in [2.45, 2.75) is 18.2 Å². The van der Waals surface area contributed by atoms with Gasteiger partial charge < -0.3 is 5.11 Å². The topological polar surface area (TPSA) is 70.5 Å². The van der Waals surface area contributed by atoms with Crippen molar-refractivity contribution in [2.24, 2.45) is 0 Å². The smallest absolute Gasteiger partial charge is 0.244 e. The molecule has 0 aliphatic rings. The van der Waals surface area contributed by atoms with Gasteiger partial charge in [-0.05, 0) is 28.4 Å². The number of pyridine rings is 1. The van der Waals surface area contributed by atoms with Gasteiger partial charge in [-0.1, -0.05) is 6.92 Å². The van der Waals surface area contributed by atoms with Crippen molar-refractivity contribution in [2.75, 3.05) is 19.7 Å².